The lowest BCUT2D eigenvalue weighted by atomic mass is 10.1. The van der Waals surface area contributed by atoms with E-state index in [-0.39, 0.29) is 18.1 Å². The molecular weight excluding hydrogens is 412 g/mol. The molecule has 0 fully saturated rings. The molecule has 0 spiro atoms. The molecule has 0 bridgehead atoms. The van der Waals surface area contributed by atoms with Crippen LogP contribution >= 0.6 is 11.8 Å². The van der Waals surface area contributed by atoms with E-state index in [9.17, 15) is 14.9 Å². The second-order valence-corrected chi connectivity index (χ2v) is 7.96. The first-order valence-corrected chi connectivity index (χ1v) is 10.4. The number of nitrogens with one attached hydrogen (secondary N) is 2. The number of benzene rings is 3. The van der Waals surface area contributed by atoms with E-state index in [1.54, 1.807) is 6.07 Å². The highest BCUT2D eigenvalue weighted by Gasteiger charge is 2.11. The standard InChI is InChI=1S/C23H22N4O3S/c1-16-8-9-19(12-17(16)2)24-15-23(28)26-25-14-18-13-20(27(29)30)10-11-22(18)31-21-6-4-3-5-7-21/h3-14,24H,15H2,1-2H3,(H,26,28)/b25-14+. The number of hydrazone groups is 1. The molecule has 31 heavy (non-hydrogen) atoms. The van der Waals surface area contributed by atoms with E-state index in [2.05, 4.69) is 15.8 Å². The number of aryl methyl sites for hydroxylation is 2. The highest BCUT2D eigenvalue weighted by Crippen LogP contribution is 2.31. The molecule has 7 nitrogen and oxygen atoms in total. The Bertz CT molecular complexity index is 1120. The van der Waals surface area contributed by atoms with Crippen molar-refractivity contribution in [1.82, 2.24) is 5.43 Å². The SMILES string of the molecule is Cc1ccc(NCC(=O)N/N=C/c2cc([N+](=O)[O-])ccc2Sc2ccccc2)cc1C. The van der Waals surface area contributed by atoms with E-state index < -0.39 is 4.92 Å². The summed E-state index contributed by atoms with van der Waals surface area (Å²) in [6.07, 6.45) is 1.42. The Balaban J connectivity index is 1.66. The van der Waals surface area contributed by atoms with Crippen molar-refractivity contribution in [3.05, 3.63) is 93.5 Å². The van der Waals surface area contributed by atoms with Crippen LogP contribution in [0.25, 0.3) is 0 Å². The van der Waals surface area contributed by atoms with Crippen molar-refractivity contribution < 1.29 is 9.72 Å². The molecule has 0 atom stereocenters. The predicted molar refractivity (Wildman–Crippen MR) is 124 cm³/mol. The van der Waals surface area contributed by atoms with Crippen LogP contribution in [0.5, 0.6) is 0 Å². The van der Waals surface area contributed by atoms with Crippen molar-refractivity contribution in [3.8, 4) is 0 Å². The normalized spacial score (nSPS) is 10.8. The van der Waals surface area contributed by atoms with Gasteiger partial charge in [0.1, 0.15) is 0 Å². The Morgan fingerprint density at radius 3 is 2.55 bits per heavy atom. The number of hydrogen-bond donors (Lipinski definition) is 2. The van der Waals surface area contributed by atoms with Gasteiger partial charge in [-0.05, 0) is 55.3 Å². The quantitative estimate of drug-likeness (QED) is 0.298. The number of hydrogen-bond acceptors (Lipinski definition) is 6. The van der Waals surface area contributed by atoms with Gasteiger partial charge >= 0.3 is 0 Å². The van der Waals surface area contributed by atoms with Crippen LogP contribution in [0, 0.1) is 24.0 Å². The van der Waals surface area contributed by atoms with Gasteiger partial charge in [-0.1, -0.05) is 36.0 Å². The fourth-order valence-corrected chi connectivity index (χ4v) is 3.62. The van der Waals surface area contributed by atoms with Gasteiger partial charge in [0, 0.05) is 33.2 Å². The van der Waals surface area contributed by atoms with Crippen molar-refractivity contribution in [2.24, 2.45) is 5.10 Å². The van der Waals surface area contributed by atoms with Crippen LogP contribution in [0.1, 0.15) is 16.7 Å². The van der Waals surface area contributed by atoms with Crippen LogP contribution in [0.2, 0.25) is 0 Å². The zero-order valence-electron chi connectivity index (χ0n) is 17.2. The van der Waals surface area contributed by atoms with Crippen molar-refractivity contribution in [2.45, 2.75) is 23.6 Å². The molecule has 8 heteroatoms. The summed E-state index contributed by atoms with van der Waals surface area (Å²) < 4.78 is 0. The summed E-state index contributed by atoms with van der Waals surface area (Å²) in [7, 11) is 0. The number of carbonyl (C=O) groups excluding carboxylic acids is 1. The van der Waals surface area contributed by atoms with Gasteiger partial charge in [-0.3, -0.25) is 14.9 Å². The van der Waals surface area contributed by atoms with Crippen molar-refractivity contribution in [3.63, 3.8) is 0 Å². The highest BCUT2D eigenvalue weighted by molar-refractivity contribution is 7.99. The van der Waals surface area contributed by atoms with Crippen LogP contribution in [-0.4, -0.2) is 23.6 Å². The predicted octanol–water partition coefficient (Wildman–Crippen LogP) is 4.93. The number of nitro groups is 1. The Kier molecular flexibility index (Phi) is 7.40. The molecule has 0 saturated heterocycles. The molecule has 3 aromatic carbocycles. The minimum absolute atomic E-state index is 0.0402. The minimum Gasteiger partial charge on any atom is -0.376 e. The van der Waals surface area contributed by atoms with Gasteiger partial charge in [0.15, 0.2) is 0 Å². The number of nitrogens with zero attached hydrogens (tertiary/aromatic N) is 2. The molecule has 0 aromatic heterocycles. The molecule has 0 aliphatic heterocycles. The number of nitro benzene ring substituents is 1. The number of amides is 1. The number of carbonyl (C=O) groups is 1. The molecule has 0 aliphatic rings. The monoisotopic (exact) mass is 434 g/mol. The minimum atomic E-state index is -0.458. The van der Waals surface area contributed by atoms with E-state index in [0.29, 0.717) is 5.56 Å². The lowest BCUT2D eigenvalue weighted by Gasteiger charge is -2.08. The number of anilines is 1. The molecule has 3 rings (SSSR count). The Labute approximate surface area is 184 Å². The molecule has 0 radical (unpaired) electrons. The van der Waals surface area contributed by atoms with E-state index in [4.69, 9.17) is 0 Å². The number of rotatable bonds is 8. The van der Waals surface area contributed by atoms with Gasteiger partial charge in [-0.25, -0.2) is 5.43 Å². The Morgan fingerprint density at radius 2 is 1.84 bits per heavy atom. The molecular formula is C23H22N4O3S. The Morgan fingerprint density at radius 1 is 1.06 bits per heavy atom. The molecule has 0 unspecified atom stereocenters. The van der Waals surface area contributed by atoms with E-state index in [1.807, 2.05) is 62.4 Å². The summed E-state index contributed by atoms with van der Waals surface area (Å²) in [6.45, 7) is 4.09. The zero-order valence-corrected chi connectivity index (χ0v) is 18.0. The van der Waals surface area contributed by atoms with E-state index in [0.717, 1.165) is 21.0 Å². The molecule has 158 valence electrons. The van der Waals surface area contributed by atoms with Crippen molar-refractivity contribution in [1.29, 1.82) is 0 Å². The zero-order chi connectivity index (χ0) is 22.2. The largest absolute Gasteiger partial charge is 0.376 e. The van der Waals surface area contributed by atoms with Crippen molar-refractivity contribution >= 4 is 35.3 Å². The second-order valence-electron chi connectivity index (χ2n) is 6.84. The first-order valence-electron chi connectivity index (χ1n) is 9.57. The van der Waals surface area contributed by atoms with Crippen LogP contribution in [0.15, 0.2) is 81.6 Å². The average molecular weight is 435 g/mol. The van der Waals surface area contributed by atoms with Gasteiger partial charge in [-0.2, -0.15) is 5.10 Å². The maximum Gasteiger partial charge on any atom is 0.270 e. The molecule has 0 heterocycles. The third-order valence-electron chi connectivity index (χ3n) is 4.53. The maximum absolute atomic E-state index is 12.1. The number of non-ortho nitro benzene ring substituents is 1. The molecule has 0 aliphatic carbocycles. The maximum atomic E-state index is 12.1. The summed E-state index contributed by atoms with van der Waals surface area (Å²) in [6, 6.07) is 20.1. The average Bonchev–Trinajstić information content (AvgIpc) is 2.76. The summed E-state index contributed by atoms with van der Waals surface area (Å²) in [5.74, 6) is -0.322. The third-order valence-corrected chi connectivity index (χ3v) is 5.63. The first-order chi connectivity index (χ1) is 14.9. The summed E-state index contributed by atoms with van der Waals surface area (Å²) in [5.41, 5.74) is 6.13. The fourth-order valence-electron chi connectivity index (χ4n) is 2.71. The van der Waals surface area contributed by atoms with Crippen LogP contribution in [0.4, 0.5) is 11.4 Å². The van der Waals surface area contributed by atoms with E-state index >= 15 is 0 Å². The highest BCUT2D eigenvalue weighted by atomic mass is 32.2. The van der Waals surface area contributed by atoms with Gasteiger partial charge in [0.25, 0.3) is 11.6 Å². The van der Waals surface area contributed by atoms with Crippen LogP contribution < -0.4 is 10.7 Å². The third kappa shape index (κ3) is 6.42. The van der Waals surface area contributed by atoms with Gasteiger partial charge in [0.2, 0.25) is 0 Å². The van der Waals surface area contributed by atoms with E-state index in [1.165, 1.54) is 35.7 Å². The fraction of sp³-hybridized carbons (Fsp3) is 0.130. The summed E-state index contributed by atoms with van der Waals surface area (Å²) in [5, 5.41) is 18.2. The lowest BCUT2D eigenvalue weighted by molar-refractivity contribution is -0.384. The van der Waals surface area contributed by atoms with Crippen molar-refractivity contribution in [2.75, 3.05) is 11.9 Å². The molecule has 0 saturated carbocycles. The summed E-state index contributed by atoms with van der Waals surface area (Å²) in [4.78, 5) is 24.6. The van der Waals surface area contributed by atoms with Crippen LogP contribution in [-0.2, 0) is 4.79 Å². The second kappa shape index (κ2) is 10.4. The van der Waals surface area contributed by atoms with Gasteiger partial charge < -0.3 is 5.32 Å². The smallest absolute Gasteiger partial charge is 0.270 e. The molecule has 2 N–H and O–H groups in total. The van der Waals surface area contributed by atoms with Crippen LogP contribution in [0.3, 0.4) is 0 Å². The molecule has 1 amide bonds. The summed E-state index contributed by atoms with van der Waals surface area (Å²) >= 11 is 1.46. The lowest BCUT2D eigenvalue weighted by Crippen LogP contribution is -2.25. The topological polar surface area (TPSA) is 96.6 Å². The molecule has 3 aromatic rings. The first kappa shape index (κ1) is 22.0. The van der Waals surface area contributed by atoms with Gasteiger partial charge in [0.05, 0.1) is 17.7 Å². The Hall–Kier alpha value is -3.65. The van der Waals surface area contributed by atoms with Gasteiger partial charge in [-0.15, -0.1) is 0 Å².